The van der Waals surface area contributed by atoms with Crippen LogP contribution in [0.1, 0.15) is 13.8 Å². The standard InChI is InChI=1S/C11H22N2O4/c1-11(2,13-3-6-16-7-4-13)9-12-10(15)17-8-5-14/h14H,3-9H2,1-2H3,(H,12,15). The molecule has 1 rings (SSSR count). The third kappa shape index (κ3) is 4.89. The van der Waals surface area contributed by atoms with Gasteiger partial charge in [-0.05, 0) is 13.8 Å². The molecule has 6 nitrogen and oxygen atoms in total. The number of alkyl carbamates (subject to hydrolysis) is 1. The molecule has 0 bridgehead atoms. The van der Waals surface area contributed by atoms with Crippen LogP contribution < -0.4 is 5.32 Å². The van der Waals surface area contributed by atoms with Gasteiger partial charge in [0.1, 0.15) is 6.61 Å². The van der Waals surface area contributed by atoms with Gasteiger partial charge in [-0.2, -0.15) is 0 Å². The van der Waals surface area contributed by atoms with Crippen molar-refractivity contribution in [1.82, 2.24) is 10.2 Å². The fourth-order valence-electron chi connectivity index (χ4n) is 1.76. The third-order valence-electron chi connectivity index (χ3n) is 2.86. The summed E-state index contributed by atoms with van der Waals surface area (Å²) in [5, 5.41) is 11.2. The molecule has 0 spiro atoms. The van der Waals surface area contributed by atoms with Gasteiger partial charge in [-0.15, -0.1) is 0 Å². The molecule has 100 valence electrons. The molecule has 1 amide bonds. The summed E-state index contributed by atoms with van der Waals surface area (Å²) in [6.45, 7) is 7.76. The maximum atomic E-state index is 11.2. The third-order valence-corrected chi connectivity index (χ3v) is 2.86. The number of amides is 1. The zero-order valence-corrected chi connectivity index (χ0v) is 10.6. The highest BCUT2D eigenvalue weighted by Gasteiger charge is 2.28. The van der Waals surface area contributed by atoms with Crippen LogP contribution >= 0.6 is 0 Å². The van der Waals surface area contributed by atoms with Crippen molar-refractivity contribution in [2.24, 2.45) is 0 Å². The average molecular weight is 246 g/mol. The second kappa shape index (κ2) is 6.78. The molecule has 0 atom stereocenters. The van der Waals surface area contributed by atoms with Gasteiger partial charge in [-0.1, -0.05) is 0 Å². The molecule has 0 aromatic carbocycles. The lowest BCUT2D eigenvalue weighted by atomic mass is 10.0. The second-order valence-electron chi connectivity index (χ2n) is 4.62. The van der Waals surface area contributed by atoms with Gasteiger partial charge in [0.15, 0.2) is 0 Å². The van der Waals surface area contributed by atoms with Crippen molar-refractivity contribution in [1.29, 1.82) is 0 Å². The van der Waals surface area contributed by atoms with Gasteiger partial charge in [-0.3, -0.25) is 4.90 Å². The Morgan fingerprint density at radius 2 is 2.12 bits per heavy atom. The Morgan fingerprint density at radius 3 is 2.71 bits per heavy atom. The smallest absolute Gasteiger partial charge is 0.407 e. The van der Waals surface area contributed by atoms with Gasteiger partial charge in [0.2, 0.25) is 0 Å². The molecule has 0 saturated carbocycles. The van der Waals surface area contributed by atoms with E-state index in [1.165, 1.54) is 0 Å². The Hall–Kier alpha value is -0.850. The van der Waals surface area contributed by atoms with E-state index < -0.39 is 6.09 Å². The summed E-state index contributed by atoms with van der Waals surface area (Å²) in [6.07, 6.45) is -0.486. The Labute approximate surface area is 102 Å². The van der Waals surface area contributed by atoms with Crippen LogP contribution in [0.15, 0.2) is 0 Å². The fraction of sp³-hybridized carbons (Fsp3) is 0.909. The molecule has 0 radical (unpaired) electrons. The van der Waals surface area contributed by atoms with E-state index in [1.54, 1.807) is 0 Å². The molecule has 1 aliphatic rings. The monoisotopic (exact) mass is 246 g/mol. The first-order valence-electron chi connectivity index (χ1n) is 5.90. The van der Waals surface area contributed by atoms with Crippen molar-refractivity contribution >= 4 is 6.09 Å². The highest BCUT2D eigenvalue weighted by Crippen LogP contribution is 2.14. The second-order valence-corrected chi connectivity index (χ2v) is 4.62. The predicted octanol–water partition coefficient (Wildman–Crippen LogP) is -0.184. The summed E-state index contributed by atoms with van der Waals surface area (Å²) < 4.78 is 10.0. The number of hydrogen-bond donors (Lipinski definition) is 2. The molecule has 1 saturated heterocycles. The molecule has 0 aromatic heterocycles. The summed E-state index contributed by atoms with van der Waals surface area (Å²) in [5.41, 5.74) is -0.123. The van der Waals surface area contributed by atoms with Crippen LogP contribution in [0.25, 0.3) is 0 Å². The number of carbonyl (C=O) groups excluding carboxylic acids is 1. The van der Waals surface area contributed by atoms with Gasteiger partial charge >= 0.3 is 6.09 Å². The minimum Gasteiger partial charge on any atom is -0.447 e. The van der Waals surface area contributed by atoms with Crippen LogP contribution in [0, 0.1) is 0 Å². The van der Waals surface area contributed by atoms with E-state index in [2.05, 4.69) is 24.1 Å². The summed E-state index contributed by atoms with van der Waals surface area (Å²) in [7, 11) is 0. The molecular weight excluding hydrogens is 224 g/mol. The van der Waals surface area contributed by atoms with E-state index in [0.29, 0.717) is 6.54 Å². The van der Waals surface area contributed by atoms with Gasteiger partial charge in [0.05, 0.1) is 19.8 Å². The van der Waals surface area contributed by atoms with Crippen LogP contribution in [0.4, 0.5) is 4.79 Å². The largest absolute Gasteiger partial charge is 0.447 e. The Kier molecular flexibility index (Phi) is 5.67. The van der Waals surface area contributed by atoms with Crippen molar-refractivity contribution < 1.29 is 19.4 Å². The first kappa shape index (κ1) is 14.2. The lowest BCUT2D eigenvalue weighted by molar-refractivity contribution is -0.00967. The molecule has 0 unspecified atom stereocenters. The zero-order chi connectivity index (χ0) is 12.7. The molecule has 17 heavy (non-hydrogen) atoms. The number of morpholine rings is 1. The highest BCUT2D eigenvalue weighted by molar-refractivity contribution is 5.67. The fourth-order valence-corrected chi connectivity index (χ4v) is 1.76. The summed E-state index contributed by atoms with van der Waals surface area (Å²) in [4.78, 5) is 13.5. The molecule has 0 aromatic rings. The quantitative estimate of drug-likeness (QED) is 0.704. The lowest BCUT2D eigenvalue weighted by Crippen LogP contribution is -2.55. The number of carbonyl (C=O) groups is 1. The van der Waals surface area contributed by atoms with E-state index in [4.69, 9.17) is 14.6 Å². The van der Waals surface area contributed by atoms with Crippen LogP contribution in [-0.2, 0) is 9.47 Å². The topological polar surface area (TPSA) is 71.0 Å². The number of aliphatic hydroxyl groups is 1. The van der Waals surface area contributed by atoms with Crippen molar-refractivity contribution in [3.8, 4) is 0 Å². The molecular formula is C11H22N2O4. The van der Waals surface area contributed by atoms with Crippen LogP contribution in [0.3, 0.4) is 0 Å². The van der Waals surface area contributed by atoms with Gasteiger partial charge < -0.3 is 19.9 Å². The molecule has 1 fully saturated rings. The lowest BCUT2D eigenvalue weighted by Gasteiger charge is -2.40. The maximum absolute atomic E-state index is 11.2. The van der Waals surface area contributed by atoms with Crippen LogP contribution in [0.2, 0.25) is 0 Å². The van der Waals surface area contributed by atoms with Gasteiger partial charge in [0, 0.05) is 25.2 Å². The Bertz CT molecular complexity index is 240. The number of ether oxygens (including phenoxy) is 2. The number of aliphatic hydroxyl groups excluding tert-OH is 1. The van der Waals surface area contributed by atoms with Crippen molar-refractivity contribution in [2.45, 2.75) is 19.4 Å². The molecule has 2 N–H and O–H groups in total. The van der Waals surface area contributed by atoms with E-state index >= 15 is 0 Å². The van der Waals surface area contributed by atoms with Gasteiger partial charge in [-0.25, -0.2) is 4.79 Å². The molecule has 0 aliphatic carbocycles. The van der Waals surface area contributed by atoms with Crippen molar-refractivity contribution in [3.05, 3.63) is 0 Å². The van der Waals surface area contributed by atoms with Crippen LogP contribution in [0.5, 0.6) is 0 Å². The maximum Gasteiger partial charge on any atom is 0.407 e. The zero-order valence-electron chi connectivity index (χ0n) is 10.6. The SMILES string of the molecule is CC(C)(CNC(=O)OCCO)N1CCOCC1. The molecule has 1 aliphatic heterocycles. The summed E-state index contributed by atoms with van der Waals surface area (Å²) in [5.74, 6) is 0. The van der Waals surface area contributed by atoms with E-state index in [0.717, 1.165) is 26.3 Å². The number of rotatable bonds is 5. The molecule has 6 heteroatoms. The van der Waals surface area contributed by atoms with Gasteiger partial charge in [0.25, 0.3) is 0 Å². The molecule has 1 heterocycles. The minimum atomic E-state index is -0.486. The summed E-state index contributed by atoms with van der Waals surface area (Å²) in [6, 6.07) is 0. The Morgan fingerprint density at radius 1 is 1.47 bits per heavy atom. The van der Waals surface area contributed by atoms with Crippen molar-refractivity contribution in [2.75, 3.05) is 46.1 Å². The Balaban J connectivity index is 2.29. The number of nitrogens with one attached hydrogen (secondary N) is 1. The predicted molar refractivity (Wildman–Crippen MR) is 62.9 cm³/mol. The number of nitrogens with zero attached hydrogens (tertiary/aromatic N) is 1. The first-order chi connectivity index (χ1) is 8.06. The van der Waals surface area contributed by atoms with Crippen LogP contribution in [-0.4, -0.2) is 67.7 Å². The average Bonchev–Trinajstić information content (AvgIpc) is 2.35. The summed E-state index contributed by atoms with van der Waals surface area (Å²) >= 11 is 0. The first-order valence-corrected chi connectivity index (χ1v) is 5.90. The normalized spacial score (nSPS) is 17.8. The number of hydrogen-bond acceptors (Lipinski definition) is 5. The highest BCUT2D eigenvalue weighted by atomic mass is 16.6. The minimum absolute atomic E-state index is 0.0316. The van der Waals surface area contributed by atoms with E-state index in [-0.39, 0.29) is 18.8 Å². The van der Waals surface area contributed by atoms with Crippen molar-refractivity contribution in [3.63, 3.8) is 0 Å². The van der Waals surface area contributed by atoms with E-state index in [1.807, 2.05) is 0 Å². The van der Waals surface area contributed by atoms with E-state index in [9.17, 15) is 4.79 Å².